The van der Waals surface area contributed by atoms with Crippen molar-refractivity contribution in [3.8, 4) is 0 Å². The van der Waals surface area contributed by atoms with Gasteiger partial charge in [0, 0.05) is 25.2 Å². The van der Waals surface area contributed by atoms with Crippen LogP contribution in [0.25, 0.3) is 0 Å². The fourth-order valence-corrected chi connectivity index (χ4v) is 1.18. The lowest BCUT2D eigenvalue weighted by atomic mass is 10.1. The Morgan fingerprint density at radius 1 is 1.56 bits per heavy atom. The standard InChI is InChI=1S/C7H15N2/c1-3-7-5-8-4-6(2)9-7/h6-9H,1,3-5H2,2H3. The molecule has 2 unspecified atom stereocenters. The third kappa shape index (κ3) is 1.95. The van der Waals surface area contributed by atoms with E-state index < -0.39 is 0 Å². The minimum Gasteiger partial charge on any atom is -0.314 e. The van der Waals surface area contributed by atoms with E-state index in [1.54, 1.807) is 0 Å². The van der Waals surface area contributed by atoms with Crippen LogP contribution in [0, 0.1) is 6.92 Å². The van der Waals surface area contributed by atoms with Crippen molar-refractivity contribution in [2.75, 3.05) is 13.1 Å². The average molecular weight is 127 g/mol. The minimum absolute atomic E-state index is 0.591. The lowest BCUT2D eigenvalue weighted by Gasteiger charge is -2.28. The summed E-state index contributed by atoms with van der Waals surface area (Å²) in [6.45, 7) is 8.20. The molecule has 53 valence electrons. The van der Waals surface area contributed by atoms with Crippen LogP contribution in [0.5, 0.6) is 0 Å². The van der Waals surface area contributed by atoms with Gasteiger partial charge in [0.1, 0.15) is 0 Å². The molecule has 1 aliphatic heterocycles. The van der Waals surface area contributed by atoms with Gasteiger partial charge >= 0.3 is 0 Å². The molecule has 0 spiro atoms. The van der Waals surface area contributed by atoms with Gasteiger partial charge in [-0.1, -0.05) is 6.92 Å². The summed E-state index contributed by atoms with van der Waals surface area (Å²) in [7, 11) is 0. The quantitative estimate of drug-likeness (QED) is 0.524. The minimum atomic E-state index is 0.591. The van der Waals surface area contributed by atoms with Gasteiger partial charge in [-0.2, -0.15) is 0 Å². The van der Waals surface area contributed by atoms with Gasteiger partial charge in [0.2, 0.25) is 0 Å². The van der Waals surface area contributed by atoms with Crippen molar-refractivity contribution in [3.05, 3.63) is 6.92 Å². The second-order valence-electron chi connectivity index (χ2n) is 2.71. The summed E-state index contributed by atoms with van der Waals surface area (Å²) in [6, 6.07) is 1.21. The predicted octanol–water partition coefficient (Wildman–Crippen LogP) is 0.160. The van der Waals surface area contributed by atoms with Crippen LogP contribution in [0.1, 0.15) is 13.3 Å². The Morgan fingerprint density at radius 3 is 2.78 bits per heavy atom. The maximum Gasteiger partial charge on any atom is 0.0195 e. The summed E-state index contributed by atoms with van der Waals surface area (Å²) in [5.74, 6) is 0. The fourth-order valence-electron chi connectivity index (χ4n) is 1.18. The molecule has 1 fully saturated rings. The first-order valence-electron chi connectivity index (χ1n) is 3.59. The largest absolute Gasteiger partial charge is 0.314 e. The molecule has 1 saturated heterocycles. The molecule has 0 aromatic carbocycles. The summed E-state index contributed by atoms with van der Waals surface area (Å²) in [5.41, 5.74) is 0. The van der Waals surface area contributed by atoms with E-state index in [1.165, 1.54) is 0 Å². The predicted molar refractivity (Wildman–Crippen MR) is 39.2 cm³/mol. The van der Waals surface area contributed by atoms with Gasteiger partial charge < -0.3 is 10.6 Å². The molecule has 0 aliphatic carbocycles. The van der Waals surface area contributed by atoms with Crippen molar-refractivity contribution in [1.82, 2.24) is 10.6 Å². The Morgan fingerprint density at radius 2 is 2.33 bits per heavy atom. The van der Waals surface area contributed by atoms with E-state index in [0.29, 0.717) is 12.1 Å². The fraction of sp³-hybridized carbons (Fsp3) is 0.857. The molecule has 1 rings (SSSR count). The first kappa shape index (κ1) is 7.03. The van der Waals surface area contributed by atoms with Crippen LogP contribution in [0.15, 0.2) is 0 Å². The van der Waals surface area contributed by atoms with Gasteiger partial charge in [0.05, 0.1) is 0 Å². The molecule has 0 bridgehead atoms. The Labute approximate surface area is 57.0 Å². The SMILES string of the molecule is [CH2]CC1CNCC(C)N1. The molecule has 1 aliphatic rings. The maximum absolute atomic E-state index is 3.84. The number of nitrogens with one attached hydrogen (secondary N) is 2. The number of hydrogen-bond donors (Lipinski definition) is 2. The lowest BCUT2D eigenvalue weighted by Crippen LogP contribution is -2.53. The summed E-state index contributed by atoms with van der Waals surface area (Å²) >= 11 is 0. The molecule has 2 heteroatoms. The van der Waals surface area contributed by atoms with Gasteiger partial charge in [0.15, 0.2) is 0 Å². The normalized spacial score (nSPS) is 36.7. The maximum atomic E-state index is 3.84. The molecule has 9 heavy (non-hydrogen) atoms. The van der Waals surface area contributed by atoms with Crippen LogP contribution in [0.3, 0.4) is 0 Å². The highest BCUT2D eigenvalue weighted by molar-refractivity contribution is 4.80. The van der Waals surface area contributed by atoms with Crippen LogP contribution in [-0.2, 0) is 0 Å². The van der Waals surface area contributed by atoms with Gasteiger partial charge in [-0.25, -0.2) is 0 Å². The molecule has 1 radical (unpaired) electrons. The smallest absolute Gasteiger partial charge is 0.0195 e. The average Bonchev–Trinajstić information content (AvgIpc) is 1.88. The molecule has 1 heterocycles. The Bertz CT molecular complexity index is 83.0. The monoisotopic (exact) mass is 127 g/mol. The number of rotatable bonds is 1. The van der Waals surface area contributed by atoms with Gasteiger partial charge in [-0.05, 0) is 13.3 Å². The topological polar surface area (TPSA) is 24.1 Å². The van der Waals surface area contributed by atoms with E-state index in [0.717, 1.165) is 19.5 Å². The molecule has 2 atom stereocenters. The lowest BCUT2D eigenvalue weighted by molar-refractivity contribution is 0.354. The molecule has 0 aromatic heterocycles. The molecule has 0 saturated carbocycles. The highest BCUT2D eigenvalue weighted by atomic mass is 15.1. The third-order valence-electron chi connectivity index (χ3n) is 1.71. The van der Waals surface area contributed by atoms with Crippen molar-refractivity contribution < 1.29 is 0 Å². The molecule has 2 nitrogen and oxygen atoms in total. The summed E-state index contributed by atoms with van der Waals surface area (Å²) in [5, 5.41) is 6.77. The molecular weight excluding hydrogens is 112 g/mol. The number of piperazine rings is 1. The van der Waals surface area contributed by atoms with Crippen molar-refractivity contribution in [2.45, 2.75) is 25.4 Å². The van der Waals surface area contributed by atoms with Gasteiger partial charge in [-0.3, -0.25) is 0 Å². The Kier molecular flexibility index (Phi) is 2.49. The second kappa shape index (κ2) is 3.18. The molecule has 0 amide bonds. The van der Waals surface area contributed by atoms with Crippen molar-refractivity contribution in [2.24, 2.45) is 0 Å². The summed E-state index contributed by atoms with van der Waals surface area (Å²) in [4.78, 5) is 0. The first-order valence-corrected chi connectivity index (χ1v) is 3.59. The van der Waals surface area contributed by atoms with Crippen molar-refractivity contribution >= 4 is 0 Å². The van der Waals surface area contributed by atoms with Gasteiger partial charge in [0.25, 0.3) is 0 Å². The van der Waals surface area contributed by atoms with Crippen LogP contribution in [0.4, 0.5) is 0 Å². The van der Waals surface area contributed by atoms with E-state index in [-0.39, 0.29) is 0 Å². The van der Waals surface area contributed by atoms with E-state index in [9.17, 15) is 0 Å². The first-order chi connectivity index (χ1) is 4.33. The zero-order valence-corrected chi connectivity index (χ0v) is 5.98. The summed E-state index contributed by atoms with van der Waals surface area (Å²) < 4.78 is 0. The highest BCUT2D eigenvalue weighted by Gasteiger charge is 2.14. The van der Waals surface area contributed by atoms with E-state index >= 15 is 0 Å². The second-order valence-corrected chi connectivity index (χ2v) is 2.71. The highest BCUT2D eigenvalue weighted by Crippen LogP contribution is 1.95. The zero-order chi connectivity index (χ0) is 6.69. The van der Waals surface area contributed by atoms with Crippen molar-refractivity contribution in [3.63, 3.8) is 0 Å². The van der Waals surface area contributed by atoms with Crippen molar-refractivity contribution in [1.29, 1.82) is 0 Å². The Balaban J connectivity index is 2.23. The summed E-state index contributed by atoms with van der Waals surface area (Å²) in [6.07, 6.45) is 0.983. The zero-order valence-electron chi connectivity index (χ0n) is 5.98. The molecular formula is C7H15N2. The molecule has 0 aromatic rings. The van der Waals surface area contributed by atoms with Crippen LogP contribution in [-0.4, -0.2) is 25.2 Å². The van der Waals surface area contributed by atoms with Crippen LogP contribution in [0.2, 0.25) is 0 Å². The molecule has 2 N–H and O–H groups in total. The van der Waals surface area contributed by atoms with E-state index in [2.05, 4.69) is 24.5 Å². The third-order valence-corrected chi connectivity index (χ3v) is 1.71. The van der Waals surface area contributed by atoms with Gasteiger partial charge in [-0.15, -0.1) is 0 Å². The number of hydrogen-bond acceptors (Lipinski definition) is 2. The van der Waals surface area contributed by atoms with Crippen LogP contribution >= 0.6 is 0 Å². The van der Waals surface area contributed by atoms with E-state index in [1.807, 2.05) is 0 Å². The Hall–Kier alpha value is -0.0800. The van der Waals surface area contributed by atoms with Crippen LogP contribution < -0.4 is 10.6 Å². The van der Waals surface area contributed by atoms with E-state index in [4.69, 9.17) is 0 Å².